The van der Waals surface area contributed by atoms with E-state index >= 15 is 0 Å². The summed E-state index contributed by atoms with van der Waals surface area (Å²) in [6, 6.07) is 9.74. The van der Waals surface area contributed by atoms with Crippen LogP contribution in [0.1, 0.15) is 48.7 Å². The van der Waals surface area contributed by atoms with Crippen molar-refractivity contribution >= 4 is 33.2 Å². The molecule has 4 rings (SSSR count). The second kappa shape index (κ2) is 9.33. The Morgan fingerprint density at radius 1 is 1.29 bits per heavy atom. The molecule has 3 aromatic rings. The third kappa shape index (κ3) is 5.31. The van der Waals surface area contributed by atoms with Crippen LogP contribution in [-0.2, 0) is 11.0 Å². The number of carbonyl (C=O) groups excluding carboxylic acids is 1. The van der Waals surface area contributed by atoms with Gasteiger partial charge in [-0.3, -0.25) is 19.6 Å². The van der Waals surface area contributed by atoms with Gasteiger partial charge >= 0.3 is 6.18 Å². The highest BCUT2D eigenvalue weighted by molar-refractivity contribution is 9.10. The highest BCUT2D eigenvalue weighted by atomic mass is 79.9. The van der Waals surface area contributed by atoms with E-state index in [2.05, 4.69) is 26.3 Å². The summed E-state index contributed by atoms with van der Waals surface area (Å²) in [7, 11) is 0. The van der Waals surface area contributed by atoms with Gasteiger partial charge in [0, 0.05) is 18.1 Å². The number of amides is 1. The lowest BCUT2D eigenvalue weighted by Gasteiger charge is -2.16. The number of alkyl halides is 3. The molecule has 1 N–H and O–H groups in total. The van der Waals surface area contributed by atoms with E-state index in [1.807, 2.05) is 19.1 Å². The number of nitro benzene ring substituents is 1. The zero-order chi connectivity index (χ0) is 25.5. The predicted molar refractivity (Wildman–Crippen MR) is 125 cm³/mol. The summed E-state index contributed by atoms with van der Waals surface area (Å²) >= 11 is 3.01. The third-order valence-electron chi connectivity index (χ3n) is 5.56. The fraction of sp³-hybridized carbons (Fsp3) is 0.304. The number of benzene rings is 2. The molecular formula is C23H20BrF3N4O4. The summed E-state index contributed by atoms with van der Waals surface area (Å²) in [4.78, 5) is 23.8. The number of nitrogens with zero attached hydrogens (tertiary/aromatic N) is 3. The van der Waals surface area contributed by atoms with Gasteiger partial charge in [0.1, 0.15) is 17.5 Å². The SMILES string of the molecule is Cc1ccccc1Oc1cc(NC(=O)C(C)n2nc(C(F)(F)F)c(Br)c2C2CC2)cc([N+](=O)[O-])c1. The molecule has 184 valence electrons. The van der Waals surface area contributed by atoms with Gasteiger partial charge in [0.05, 0.1) is 26.8 Å². The van der Waals surface area contributed by atoms with Crippen molar-refractivity contribution in [1.29, 1.82) is 0 Å². The number of nitrogens with one attached hydrogen (secondary N) is 1. The quantitative estimate of drug-likeness (QED) is 0.258. The van der Waals surface area contributed by atoms with Crippen molar-refractivity contribution in [3.63, 3.8) is 0 Å². The smallest absolute Gasteiger partial charge is 0.436 e. The molecule has 8 nitrogen and oxygen atoms in total. The van der Waals surface area contributed by atoms with Crippen LogP contribution in [0, 0.1) is 17.0 Å². The van der Waals surface area contributed by atoms with Gasteiger partial charge in [-0.2, -0.15) is 18.3 Å². The molecule has 35 heavy (non-hydrogen) atoms. The van der Waals surface area contributed by atoms with Crippen molar-refractivity contribution in [2.45, 2.75) is 44.8 Å². The zero-order valence-corrected chi connectivity index (χ0v) is 20.2. The van der Waals surface area contributed by atoms with Crippen molar-refractivity contribution in [3.8, 4) is 11.5 Å². The van der Waals surface area contributed by atoms with Crippen molar-refractivity contribution in [2.24, 2.45) is 0 Å². The first-order chi connectivity index (χ1) is 16.5. The van der Waals surface area contributed by atoms with Crippen LogP contribution >= 0.6 is 15.9 Å². The summed E-state index contributed by atoms with van der Waals surface area (Å²) in [6.45, 7) is 3.23. The molecule has 1 heterocycles. The lowest BCUT2D eigenvalue weighted by Crippen LogP contribution is -2.26. The van der Waals surface area contributed by atoms with E-state index in [1.165, 1.54) is 19.1 Å². The summed E-state index contributed by atoms with van der Waals surface area (Å²) in [6.07, 6.45) is -3.30. The molecule has 1 aliphatic rings. The van der Waals surface area contributed by atoms with Crippen LogP contribution in [0.3, 0.4) is 0 Å². The van der Waals surface area contributed by atoms with Crippen LogP contribution in [0.15, 0.2) is 46.9 Å². The number of hydrogen-bond donors (Lipinski definition) is 1. The molecule has 0 saturated heterocycles. The normalized spacial score (nSPS) is 14.5. The Labute approximate surface area is 206 Å². The highest BCUT2D eigenvalue weighted by Crippen LogP contribution is 2.47. The molecule has 0 radical (unpaired) electrons. The first kappa shape index (κ1) is 24.7. The van der Waals surface area contributed by atoms with E-state index < -0.39 is 28.7 Å². The summed E-state index contributed by atoms with van der Waals surface area (Å²) < 4.78 is 47.0. The minimum Gasteiger partial charge on any atom is -0.457 e. The maximum atomic E-state index is 13.4. The zero-order valence-electron chi connectivity index (χ0n) is 18.6. The molecule has 1 unspecified atom stereocenters. The molecule has 0 aliphatic heterocycles. The van der Waals surface area contributed by atoms with Crippen LogP contribution in [0.2, 0.25) is 0 Å². The van der Waals surface area contributed by atoms with Gasteiger partial charge in [-0.1, -0.05) is 18.2 Å². The molecule has 0 bridgehead atoms. The summed E-state index contributed by atoms with van der Waals surface area (Å²) in [5, 5.41) is 17.7. The second-order valence-corrected chi connectivity index (χ2v) is 9.06. The number of aryl methyl sites for hydroxylation is 1. The minimum atomic E-state index is -4.69. The molecule has 1 aromatic heterocycles. The first-order valence-electron chi connectivity index (χ1n) is 10.6. The molecule has 12 heteroatoms. The Kier molecular flexibility index (Phi) is 6.58. The summed E-state index contributed by atoms with van der Waals surface area (Å²) in [5.41, 5.74) is -0.241. The standard InChI is InChI=1S/C23H20BrF3N4O4/c1-12-5-3-4-6-18(12)35-17-10-15(9-16(11-17)31(33)34)28-22(32)13(2)30-20(14-7-8-14)19(24)21(29-30)23(25,26)27/h3-6,9-11,13-14H,7-8H2,1-2H3,(H,28,32). The van der Waals surface area contributed by atoms with Crippen LogP contribution in [0.25, 0.3) is 0 Å². The number of anilines is 1. The fourth-order valence-electron chi connectivity index (χ4n) is 3.60. The molecule has 1 fully saturated rings. The first-order valence-corrected chi connectivity index (χ1v) is 11.4. The number of ether oxygens (including phenoxy) is 1. The van der Waals surface area contributed by atoms with Crippen LogP contribution in [-0.4, -0.2) is 20.6 Å². The minimum absolute atomic E-state index is 0.0647. The maximum Gasteiger partial charge on any atom is 0.436 e. The summed E-state index contributed by atoms with van der Waals surface area (Å²) in [5.74, 6) is -0.210. The van der Waals surface area contributed by atoms with Crippen molar-refractivity contribution in [2.75, 3.05) is 5.32 Å². The van der Waals surface area contributed by atoms with Gasteiger partial charge in [0.25, 0.3) is 5.69 Å². The van der Waals surface area contributed by atoms with Gasteiger partial charge in [0.15, 0.2) is 5.69 Å². The number of carbonyl (C=O) groups is 1. The maximum absolute atomic E-state index is 13.4. The number of halogens is 4. The van der Waals surface area contributed by atoms with E-state index in [1.54, 1.807) is 12.1 Å². The van der Waals surface area contributed by atoms with Gasteiger partial charge in [-0.15, -0.1) is 0 Å². The number of para-hydroxylation sites is 1. The number of nitro groups is 1. The Morgan fingerprint density at radius 2 is 1.97 bits per heavy atom. The number of aromatic nitrogens is 2. The van der Waals surface area contributed by atoms with E-state index in [0.29, 0.717) is 24.3 Å². The molecule has 1 amide bonds. The highest BCUT2D eigenvalue weighted by Gasteiger charge is 2.43. The van der Waals surface area contributed by atoms with Crippen LogP contribution < -0.4 is 10.1 Å². The van der Waals surface area contributed by atoms with Gasteiger partial charge in [-0.05, 0) is 54.2 Å². The predicted octanol–water partition coefficient (Wildman–Crippen LogP) is 6.75. The third-order valence-corrected chi connectivity index (χ3v) is 6.34. The van der Waals surface area contributed by atoms with E-state index in [9.17, 15) is 28.1 Å². The van der Waals surface area contributed by atoms with Crippen molar-refractivity contribution < 1.29 is 27.6 Å². The Hall–Kier alpha value is -3.41. The van der Waals surface area contributed by atoms with Crippen LogP contribution in [0.5, 0.6) is 11.5 Å². The van der Waals surface area contributed by atoms with Gasteiger partial charge < -0.3 is 10.1 Å². The molecule has 1 saturated carbocycles. The van der Waals surface area contributed by atoms with Gasteiger partial charge in [-0.25, -0.2) is 0 Å². The average Bonchev–Trinajstić information content (AvgIpc) is 3.55. The van der Waals surface area contributed by atoms with Crippen molar-refractivity contribution in [1.82, 2.24) is 9.78 Å². The molecule has 1 aliphatic carbocycles. The Balaban J connectivity index is 1.63. The average molecular weight is 553 g/mol. The topological polar surface area (TPSA) is 99.3 Å². The van der Waals surface area contributed by atoms with Crippen LogP contribution in [0.4, 0.5) is 24.5 Å². The molecule has 0 spiro atoms. The number of hydrogen-bond acceptors (Lipinski definition) is 5. The monoisotopic (exact) mass is 552 g/mol. The Bertz CT molecular complexity index is 1300. The number of rotatable bonds is 7. The lowest BCUT2D eigenvalue weighted by atomic mass is 10.2. The fourth-order valence-corrected chi connectivity index (χ4v) is 4.41. The van der Waals surface area contributed by atoms with E-state index in [-0.39, 0.29) is 27.5 Å². The molecule has 1 atom stereocenters. The number of non-ortho nitro benzene ring substituents is 1. The van der Waals surface area contributed by atoms with Gasteiger partial charge in [0.2, 0.25) is 5.91 Å². The molecular weight excluding hydrogens is 533 g/mol. The van der Waals surface area contributed by atoms with Crippen molar-refractivity contribution in [3.05, 3.63) is 74.0 Å². The Morgan fingerprint density at radius 3 is 2.57 bits per heavy atom. The van der Waals surface area contributed by atoms with E-state index in [0.717, 1.165) is 16.3 Å². The van der Waals surface area contributed by atoms with E-state index in [4.69, 9.17) is 4.74 Å². The largest absolute Gasteiger partial charge is 0.457 e. The lowest BCUT2D eigenvalue weighted by molar-refractivity contribution is -0.384. The molecule has 2 aromatic carbocycles. The second-order valence-electron chi connectivity index (χ2n) is 8.27.